The van der Waals surface area contributed by atoms with Crippen LogP contribution in [0.15, 0.2) is 42.0 Å². The Bertz CT molecular complexity index is 442. The molecule has 1 aromatic carbocycles. The molecule has 0 aromatic heterocycles. The predicted molar refractivity (Wildman–Crippen MR) is 66.2 cm³/mol. The van der Waals surface area contributed by atoms with Gasteiger partial charge in [-0.2, -0.15) is 0 Å². The SMILES string of the molecule is C/C=C(C)\C(=C/C)c1ccc([N+](=O)[O-])cc1. The minimum absolute atomic E-state index is 0.123. The molecular weight excluding hydrogens is 202 g/mol. The molecule has 84 valence electrons. The van der Waals surface area contributed by atoms with Crippen LogP contribution in [0, 0.1) is 10.1 Å². The van der Waals surface area contributed by atoms with Crippen LogP contribution in [0.5, 0.6) is 0 Å². The van der Waals surface area contributed by atoms with Crippen molar-refractivity contribution in [3.8, 4) is 0 Å². The smallest absolute Gasteiger partial charge is 0.258 e. The van der Waals surface area contributed by atoms with Crippen LogP contribution in [0.2, 0.25) is 0 Å². The fourth-order valence-electron chi connectivity index (χ4n) is 1.54. The summed E-state index contributed by atoms with van der Waals surface area (Å²) < 4.78 is 0. The van der Waals surface area contributed by atoms with Crippen molar-refractivity contribution in [1.82, 2.24) is 0 Å². The molecule has 0 amide bonds. The lowest BCUT2D eigenvalue weighted by molar-refractivity contribution is -0.384. The van der Waals surface area contributed by atoms with Crippen molar-refractivity contribution >= 4 is 11.3 Å². The minimum atomic E-state index is -0.387. The summed E-state index contributed by atoms with van der Waals surface area (Å²) in [6.45, 7) is 5.96. The van der Waals surface area contributed by atoms with E-state index in [2.05, 4.69) is 0 Å². The Morgan fingerprint density at radius 1 is 1.19 bits per heavy atom. The first-order chi connectivity index (χ1) is 7.60. The molecule has 0 saturated heterocycles. The Morgan fingerprint density at radius 3 is 2.12 bits per heavy atom. The molecule has 0 aliphatic carbocycles. The maximum atomic E-state index is 10.5. The topological polar surface area (TPSA) is 43.1 Å². The van der Waals surface area contributed by atoms with Gasteiger partial charge in [0.1, 0.15) is 0 Å². The van der Waals surface area contributed by atoms with E-state index in [9.17, 15) is 10.1 Å². The number of hydrogen-bond acceptors (Lipinski definition) is 2. The quantitative estimate of drug-likeness (QED) is 0.437. The van der Waals surface area contributed by atoms with E-state index in [-0.39, 0.29) is 10.6 Å². The highest BCUT2D eigenvalue weighted by molar-refractivity contribution is 5.78. The van der Waals surface area contributed by atoms with Gasteiger partial charge in [-0.25, -0.2) is 0 Å². The molecule has 1 aromatic rings. The van der Waals surface area contributed by atoms with Crippen molar-refractivity contribution in [3.63, 3.8) is 0 Å². The van der Waals surface area contributed by atoms with E-state index in [0.29, 0.717) is 0 Å². The van der Waals surface area contributed by atoms with Crippen LogP contribution in [-0.2, 0) is 0 Å². The summed E-state index contributed by atoms with van der Waals surface area (Å²) in [4.78, 5) is 10.1. The first-order valence-electron chi connectivity index (χ1n) is 5.14. The van der Waals surface area contributed by atoms with Gasteiger partial charge in [-0.05, 0) is 49.6 Å². The van der Waals surface area contributed by atoms with Gasteiger partial charge < -0.3 is 0 Å². The summed E-state index contributed by atoms with van der Waals surface area (Å²) in [5.41, 5.74) is 3.40. The third kappa shape index (κ3) is 2.57. The number of nitro groups is 1. The molecule has 0 saturated carbocycles. The molecule has 3 heteroatoms. The van der Waals surface area contributed by atoms with Crippen molar-refractivity contribution < 1.29 is 4.92 Å². The van der Waals surface area contributed by atoms with Crippen molar-refractivity contribution in [1.29, 1.82) is 0 Å². The van der Waals surface area contributed by atoms with Crippen molar-refractivity contribution in [2.45, 2.75) is 20.8 Å². The maximum absolute atomic E-state index is 10.5. The van der Waals surface area contributed by atoms with Gasteiger partial charge >= 0.3 is 0 Å². The molecule has 0 spiro atoms. The van der Waals surface area contributed by atoms with Crippen molar-refractivity contribution in [2.24, 2.45) is 0 Å². The maximum Gasteiger partial charge on any atom is 0.269 e. The van der Waals surface area contributed by atoms with Crippen LogP contribution >= 0.6 is 0 Å². The largest absolute Gasteiger partial charge is 0.269 e. The molecule has 0 aliphatic heterocycles. The van der Waals surface area contributed by atoms with E-state index in [4.69, 9.17) is 0 Å². The summed E-state index contributed by atoms with van der Waals surface area (Å²) in [7, 11) is 0. The zero-order chi connectivity index (χ0) is 12.1. The van der Waals surface area contributed by atoms with Crippen LogP contribution < -0.4 is 0 Å². The van der Waals surface area contributed by atoms with E-state index >= 15 is 0 Å². The molecule has 16 heavy (non-hydrogen) atoms. The Hall–Kier alpha value is -1.90. The highest BCUT2D eigenvalue weighted by Crippen LogP contribution is 2.24. The highest BCUT2D eigenvalue weighted by atomic mass is 16.6. The summed E-state index contributed by atoms with van der Waals surface area (Å²) in [6.07, 6.45) is 4.03. The molecule has 0 aliphatic rings. The molecule has 3 nitrogen and oxygen atoms in total. The predicted octanol–water partition coefficient (Wildman–Crippen LogP) is 3.96. The zero-order valence-corrected chi connectivity index (χ0v) is 9.73. The molecule has 1 rings (SSSR count). The highest BCUT2D eigenvalue weighted by Gasteiger charge is 2.06. The summed E-state index contributed by atoms with van der Waals surface area (Å²) in [5, 5.41) is 10.5. The lowest BCUT2D eigenvalue weighted by Crippen LogP contribution is -1.90. The third-order valence-electron chi connectivity index (χ3n) is 2.54. The Labute approximate surface area is 95.3 Å². The van der Waals surface area contributed by atoms with Crippen LogP contribution in [-0.4, -0.2) is 4.92 Å². The Morgan fingerprint density at radius 2 is 1.75 bits per heavy atom. The first-order valence-corrected chi connectivity index (χ1v) is 5.14. The van der Waals surface area contributed by atoms with Crippen LogP contribution in [0.4, 0.5) is 5.69 Å². The normalized spacial score (nSPS) is 12.7. The average molecular weight is 217 g/mol. The van der Waals surface area contributed by atoms with E-state index in [1.807, 2.05) is 32.9 Å². The molecule has 0 heterocycles. The average Bonchev–Trinajstić information content (AvgIpc) is 2.30. The summed E-state index contributed by atoms with van der Waals surface area (Å²) in [6, 6.07) is 6.62. The fraction of sp³-hybridized carbons (Fsp3) is 0.231. The molecule has 0 radical (unpaired) electrons. The number of rotatable bonds is 3. The summed E-state index contributed by atoms with van der Waals surface area (Å²) in [5.74, 6) is 0. The second kappa shape index (κ2) is 5.26. The number of nitrogens with zero attached hydrogens (tertiary/aromatic N) is 1. The monoisotopic (exact) mass is 217 g/mol. The van der Waals surface area contributed by atoms with Gasteiger partial charge in [0.25, 0.3) is 5.69 Å². The van der Waals surface area contributed by atoms with E-state index in [1.54, 1.807) is 12.1 Å². The molecule has 0 fully saturated rings. The van der Waals surface area contributed by atoms with Gasteiger partial charge in [0.05, 0.1) is 4.92 Å². The van der Waals surface area contributed by atoms with Gasteiger partial charge in [-0.3, -0.25) is 10.1 Å². The molecule has 0 N–H and O–H groups in total. The number of benzene rings is 1. The number of hydrogen-bond donors (Lipinski definition) is 0. The lowest BCUT2D eigenvalue weighted by atomic mass is 9.98. The zero-order valence-electron chi connectivity index (χ0n) is 9.73. The molecule has 0 atom stereocenters. The second-order valence-corrected chi connectivity index (χ2v) is 3.48. The van der Waals surface area contributed by atoms with Crippen LogP contribution in [0.1, 0.15) is 26.3 Å². The van der Waals surface area contributed by atoms with E-state index in [0.717, 1.165) is 16.7 Å². The van der Waals surface area contributed by atoms with Crippen molar-refractivity contribution in [2.75, 3.05) is 0 Å². The van der Waals surface area contributed by atoms with Gasteiger partial charge in [-0.15, -0.1) is 0 Å². The molecular formula is C13H15NO2. The van der Waals surface area contributed by atoms with E-state index in [1.165, 1.54) is 12.1 Å². The number of non-ortho nitro benzene ring substituents is 1. The second-order valence-electron chi connectivity index (χ2n) is 3.48. The molecule has 0 bridgehead atoms. The van der Waals surface area contributed by atoms with Crippen LogP contribution in [0.3, 0.4) is 0 Å². The van der Waals surface area contributed by atoms with Gasteiger partial charge in [0.15, 0.2) is 0 Å². The Kier molecular flexibility index (Phi) is 4.00. The fourth-order valence-corrected chi connectivity index (χ4v) is 1.54. The van der Waals surface area contributed by atoms with Gasteiger partial charge in [0.2, 0.25) is 0 Å². The number of allylic oxidation sites excluding steroid dienone is 4. The van der Waals surface area contributed by atoms with Gasteiger partial charge in [0, 0.05) is 12.1 Å². The Balaban J connectivity index is 3.10. The molecule has 0 unspecified atom stereocenters. The van der Waals surface area contributed by atoms with Gasteiger partial charge in [-0.1, -0.05) is 12.2 Å². The third-order valence-corrected chi connectivity index (χ3v) is 2.54. The first kappa shape index (κ1) is 12.2. The standard InChI is InChI=1S/C13H15NO2/c1-4-10(3)13(5-2)11-6-8-12(9-7-11)14(15)16/h4-9H,1-3H3/b10-4-,13-5+. The van der Waals surface area contributed by atoms with E-state index < -0.39 is 0 Å². The van der Waals surface area contributed by atoms with Crippen molar-refractivity contribution in [3.05, 3.63) is 57.7 Å². The number of nitro benzene ring substituents is 1. The minimum Gasteiger partial charge on any atom is -0.258 e. The van der Waals surface area contributed by atoms with Crippen LogP contribution in [0.25, 0.3) is 5.57 Å². The lowest BCUT2D eigenvalue weighted by Gasteiger charge is -2.07. The summed E-state index contributed by atoms with van der Waals surface area (Å²) >= 11 is 0.